The van der Waals surface area contributed by atoms with Gasteiger partial charge in [-0.2, -0.15) is 0 Å². The molecule has 0 spiro atoms. The molecule has 0 saturated carbocycles. The van der Waals surface area contributed by atoms with E-state index in [0.29, 0.717) is 0 Å². The summed E-state index contributed by atoms with van der Waals surface area (Å²) in [4.78, 5) is 2.46. The van der Waals surface area contributed by atoms with Crippen molar-refractivity contribution < 1.29 is 4.42 Å². The van der Waals surface area contributed by atoms with Crippen LogP contribution in [0.3, 0.4) is 0 Å². The molecule has 0 fully saturated rings. The third-order valence-corrected chi connectivity index (χ3v) is 9.70. The first kappa shape index (κ1) is 22.4. The van der Waals surface area contributed by atoms with Crippen LogP contribution in [0.1, 0.15) is 25.0 Å². The van der Waals surface area contributed by atoms with E-state index in [0.717, 1.165) is 16.6 Å². The van der Waals surface area contributed by atoms with Gasteiger partial charge in [-0.1, -0.05) is 86.6 Å². The van der Waals surface area contributed by atoms with E-state index in [1.54, 1.807) is 0 Å². The van der Waals surface area contributed by atoms with Crippen LogP contribution in [0.5, 0.6) is 0 Å². The second-order valence-electron chi connectivity index (χ2n) is 12.2. The smallest absolute Gasteiger partial charge is 0.136 e. The number of benzene rings is 6. The molecule has 198 valence electrons. The van der Waals surface area contributed by atoms with E-state index in [2.05, 4.69) is 139 Å². The molecule has 10 rings (SSSR count). The molecule has 0 amide bonds. The van der Waals surface area contributed by atoms with Crippen LogP contribution >= 0.6 is 0 Å². The summed E-state index contributed by atoms with van der Waals surface area (Å²) in [5.74, 6) is 0. The number of nitrogens with zero attached hydrogens (tertiary/aromatic N) is 2. The van der Waals surface area contributed by atoms with Crippen molar-refractivity contribution in [1.29, 1.82) is 0 Å². The Morgan fingerprint density at radius 2 is 1.29 bits per heavy atom. The average molecular weight is 539 g/mol. The van der Waals surface area contributed by atoms with Crippen molar-refractivity contribution in [3.63, 3.8) is 0 Å². The second-order valence-corrected chi connectivity index (χ2v) is 12.2. The summed E-state index contributed by atoms with van der Waals surface area (Å²) in [7, 11) is 0. The maximum atomic E-state index is 6.33. The summed E-state index contributed by atoms with van der Waals surface area (Å²) in [6, 6.07) is 44.2. The Kier molecular flexibility index (Phi) is 4.01. The lowest BCUT2D eigenvalue weighted by Gasteiger charge is -2.34. The predicted molar refractivity (Wildman–Crippen MR) is 174 cm³/mol. The van der Waals surface area contributed by atoms with Crippen molar-refractivity contribution >= 4 is 60.8 Å². The van der Waals surface area contributed by atoms with E-state index in [1.807, 2.05) is 6.07 Å². The maximum absolute atomic E-state index is 6.33. The molecule has 8 aromatic rings. The number of furan rings is 1. The summed E-state index contributed by atoms with van der Waals surface area (Å²) in [6.45, 7) is 4.70. The molecule has 3 nitrogen and oxygen atoms in total. The van der Waals surface area contributed by atoms with E-state index in [1.165, 1.54) is 72.2 Å². The Bertz CT molecular complexity index is 2460. The third kappa shape index (κ3) is 2.58. The van der Waals surface area contributed by atoms with E-state index in [9.17, 15) is 0 Å². The predicted octanol–water partition coefficient (Wildman–Crippen LogP) is 10.8. The Labute approximate surface area is 242 Å². The lowest BCUT2D eigenvalue weighted by molar-refractivity contribution is 0.660. The van der Waals surface area contributed by atoms with Gasteiger partial charge in [0.15, 0.2) is 0 Å². The molecule has 0 N–H and O–H groups in total. The van der Waals surface area contributed by atoms with Crippen LogP contribution in [0.4, 0.5) is 17.1 Å². The van der Waals surface area contributed by atoms with E-state index < -0.39 is 0 Å². The summed E-state index contributed by atoms with van der Waals surface area (Å²) < 4.78 is 8.79. The Morgan fingerprint density at radius 3 is 2.21 bits per heavy atom. The monoisotopic (exact) mass is 538 g/mol. The largest absolute Gasteiger partial charge is 0.456 e. The number of aromatic nitrogens is 1. The van der Waals surface area contributed by atoms with E-state index in [-0.39, 0.29) is 5.41 Å². The van der Waals surface area contributed by atoms with Gasteiger partial charge in [0.2, 0.25) is 0 Å². The van der Waals surface area contributed by atoms with E-state index in [4.69, 9.17) is 4.42 Å². The number of hydrogen-bond donors (Lipinski definition) is 0. The number of anilines is 3. The zero-order valence-electron chi connectivity index (χ0n) is 23.3. The minimum atomic E-state index is -0.0634. The summed E-state index contributed by atoms with van der Waals surface area (Å²) in [6.07, 6.45) is 0. The van der Waals surface area contributed by atoms with Gasteiger partial charge in [0.1, 0.15) is 11.2 Å². The fraction of sp³-hybridized carbons (Fsp3) is 0.0769. The van der Waals surface area contributed by atoms with Crippen molar-refractivity contribution in [1.82, 2.24) is 4.57 Å². The van der Waals surface area contributed by atoms with Crippen molar-refractivity contribution in [2.24, 2.45) is 0 Å². The molecule has 0 bridgehead atoms. The van der Waals surface area contributed by atoms with Crippen LogP contribution < -0.4 is 4.90 Å². The summed E-state index contributed by atoms with van der Waals surface area (Å²) >= 11 is 0. The Balaban J connectivity index is 1.31. The first-order valence-corrected chi connectivity index (χ1v) is 14.6. The highest BCUT2D eigenvalue weighted by molar-refractivity contribution is 6.29. The number of rotatable bonds is 1. The first-order valence-electron chi connectivity index (χ1n) is 14.6. The Morgan fingerprint density at radius 1 is 0.548 bits per heavy atom. The minimum absolute atomic E-state index is 0.0634. The van der Waals surface area contributed by atoms with E-state index >= 15 is 0 Å². The standard InChI is InChI=1S/C39H26N2O/c1-39(2)28-13-5-3-10-24(28)25-19-18-23(22-29(25)39)40-30-14-6-7-15-31(30)41-32-20-21-35-37(26-11-4-8-17-34(26)42-35)36(32)27-12-9-16-33(40)38(27)41/h3-22H,1-2H3. The van der Waals surface area contributed by atoms with Crippen molar-refractivity contribution in [2.45, 2.75) is 19.3 Å². The average Bonchev–Trinajstić information content (AvgIpc) is 3.64. The zero-order chi connectivity index (χ0) is 27.7. The number of fused-ring (bicyclic) bond motifs is 12. The van der Waals surface area contributed by atoms with Gasteiger partial charge in [0.05, 0.1) is 28.1 Å². The molecule has 0 radical (unpaired) electrons. The van der Waals surface area contributed by atoms with Gasteiger partial charge in [-0.3, -0.25) is 0 Å². The first-order chi connectivity index (χ1) is 20.6. The SMILES string of the molecule is CC1(C)c2ccccc2-c2ccc(N3c4ccccc4-n4c5ccc6oc7ccccc7c6c5c5cccc3c54)cc21. The topological polar surface area (TPSA) is 21.3 Å². The highest BCUT2D eigenvalue weighted by Gasteiger charge is 2.36. The summed E-state index contributed by atoms with van der Waals surface area (Å²) in [5, 5.41) is 4.84. The fourth-order valence-electron chi connectivity index (χ4n) is 7.87. The molecule has 42 heavy (non-hydrogen) atoms. The molecule has 1 aliphatic heterocycles. The van der Waals surface area contributed by atoms with Crippen LogP contribution in [-0.4, -0.2) is 4.57 Å². The van der Waals surface area contributed by atoms with Crippen molar-refractivity contribution in [3.8, 4) is 16.8 Å². The number of para-hydroxylation sites is 4. The van der Waals surface area contributed by atoms with Gasteiger partial charge >= 0.3 is 0 Å². The molecular formula is C39H26N2O. The van der Waals surface area contributed by atoms with Crippen LogP contribution in [0.2, 0.25) is 0 Å². The third-order valence-electron chi connectivity index (χ3n) is 9.70. The molecule has 1 aliphatic carbocycles. The molecule has 3 heterocycles. The molecule has 0 saturated heterocycles. The highest BCUT2D eigenvalue weighted by atomic mass is 16.3. The summed E-state index contributed by atoms with van der Waals surface area (Å²) in [5.41, 5.74) is 14.4. The molecular weight excluding hydrogens is 512 g/mol. The van der Waals surface area contributed by atoms with Gasteiger partial charge in [0.25, 0.3) is 0 Å². The number of hydrogen-bond acceptors (Lipinski definition) is 2. The molecule has 6 aromatic carbocycles. The quantitative estimate of drug-likeness (QED) is 0.207. The van der Waals surface area contributed by atoms with Gasteiger partial charge in [0, 0.05) is 32.6 Å². The van der Waals surface area contributed by atoms with Crippen LogP contribution in [-0.2, 0) is 5.41 Å². The van der Waals surface area contributed by atoms with Crippen LogP contribution in [0, 0.1) is 0 Å². The second kappa shape index (κ2) is 7.51. The molecule has 2 aromatic heterocycles. The molecule has 0 atom stereocenters. The zero-order valence-corrected chi connectivity index (χ0v) is 23.3. The van der Waals surface area contributed by atoms with Gasteiger partial charge < -0.3 is 13.9 Å². The molecule has 3 heteroatoms. The normalized spacial score (nSPS) is 14.6. The lowest BCUT2D eigenvalue weighted by Crippen LogP contribution is -2.19. The maximum Gasteiger partial charge on any atom is 0.136 e. The van der Waals surface area contributed by atoms with Gasteiger partial charge in [-0.05, 0) is 70.8 Å². The lowest BCUT2D eigenvalue weighted by atomic mass is 9.82. The highest BCUT2D eigenvalue weighted by Crippen LogP contribution is 2.54. The molecule has 2 aliphatic rings. The van der Waals surface area contributed by atoms with Crippen molar-refractivity contribution in [2.75, 3.05) is 4.90 Å². The van der Waals surface area contributed by atoms with Gasteiger partial charge in [-0.25, -0.2) is 0 Å². The minimum Gasteiger partial charge on any atom is -0.456 e. The van der Waals surface area contributed by atoms with Crippen molar-refractivity contribution in [3.05, 3.63) is 132 Å². The fourth-order valence-corrected chi connectivity index (χ4v) is 7.87. The Hall–Kier alpha value is -5.28. The van der Waals surface area contributed by atoms with Gasteiger partial charge in [-0.15, -0.1) is 0 Å². The molecule has 0 unspecified atom stereocenters. The van der Waals surface area contributed by atoms with Crippen LogP contribution in [0.15, 0.2) is 126 Å². The van der Waals surface area contributed by atoms with Crippen LogP contribution in [0.25, 0.3) is 60.6 Å².